The van der Waals surface area contributed by atoms with Crippen LogP contribution in [0.25, 0.3) is 11.5 Å². The van der Waals surface area contributed by atoms with Crippen LogP contribution in [-0.2, 0) is 17.7 Å². The summed E-state index contributed by atoms with van der Waals surface area (Å²) >= 11 is 0. The number of amides is 2. The molecule has 0 aliphatic carbocycles. The van der Waals surface area contributed by atoms with Gasteiger partial charge in [0.1, 0.15) is 17.8 Å². The number of ether oxygens (including phenoxy) is 1. The van der Waals surface area contributed by atoms with E-state index in [1.807, 2.05) is 42.7 Å². The van der Waals surface area contributed by atoms with Crippen molar-refractivity contribution in [3.05, 3.63) is 59.4 Å². The molecule has 0 fully saturated rings. The molecule has 0 spiro atoms. The SMILES string of the molecule is CCOC(=O)N1CCc2ccc(C(=O)Nc3cccc(-c4nncn4C(C)C)n3)cc2C1. The van der Waals surface area contributed by atoms with Crippen LogP contribution in [0.2, 0.25) is 0 Å². The van der Waals surface area contributed by atoms with E-state index in [1.165, 1.54) is 0 Å². The second-order valence-corrected chi connectivity index (χ2v) is 7.87. The lowest BCUT2D eigenvalue weighted by molar-refractivity contribution is 0.102. The van der Waals surface area contributed by atoms with Crippen LogP contribution < -0.4 is 5.32 Å². The van der Waals surface area contributed by atoms with Gasteiger partial charge in [-0.05, 0) is 62.6 Å². The highest BCUT2D eigenvalue weighted by molar-refractivity contribution is 6.04. The van der Waals surface area contributed by atoms with Crippen molar-refractivity contribution in [2.24, 2.45) is 0 Å². The summed E-state index contributed by atoms with van der Waals surface area (Å²) in [4.78, 5) is 31.2. The van der Waals surface area contributed by atoms with E-state index in [4.69, 9.17) is 4.74 Å². The number of carbonyl (C=O) groups excluding carboxylic acids is 2. The van der Waals surface area contributed by atoms with Crippen LogP contribution >= 0.6 is 0 Å². The molecule has 1 N–H and O–H groups in total. The lowest BCUT2D eigenvalue weighted by Gasteiger charge is -2.28. The molecule has 3 aromatic rings. The second-order valence-electron chi connectivity index (χ2n) is 7.87. The van der Waals surface area contributed by atoms with E-state index in [0.29, 0.717) is 42.6 Å². The molecule has 166 valence electrons. The van der Waals surface area contributed by atoms with Crippen molar-refractivity contribution in [3.63, 3.8) is 0 Å². The number of carbonyl (C=O) groups is 2. The average molecular weight is 435 g/mol. The summed E-state index contributed by atoms with van der Waals surface area (Å²) < 4.78 is 7.03. The van der Waals surface area contributed by atoms with Gasteiger partial charge in [0.2, 0.25) is 0 Å². The Labute approximate surface area is 186 Å². The van der Waals surface area contributed by atoms with Gasteiger partial charge >= 0.3 is 6.09 Å². The van der Waals surface area contributed by atoms with Crippen molar-refractivity contribution in [3.8, 4) is 11.5 Å². The molecule has 0 atom stereocenters. The first kappa shape index (κ1) is 21.5. The Kier molecular flexibility index (Phi) is 6.16. The minimum atomic E-state index is -0.330. The Morgan fingerprint density at radius 2 is 2.03 bits per heavy atom. The van der Waals surface area contributed by atoms with Crippen molar-refractivity contribution in [2.45, 2.75) is 39.8 Å². The number of benzene rings is 1. The summed E-state index contributed by atoms with van der Waals surface area (Å²) in [5.74, 6) is 0.802. The van der Waals surface area contributed by atoms with E-state index >= 15 is 0 Å². The van der Waals surface area contributed by atoms with E-state index in [0.717, 1.165) is 17.5 Å². The third-order valence-corrected chi connectivity index (χ3v) is 5.36. The second kappa shape index (κ2) is 9.17. The number of aromatic nitrogens is 4. The lowest BCUT2D eigenvalue weighted by Crippen LogP contribution is -2.36. The molecule has 1 aromatic carbocycles. The Morgan fingerprint density at radius 3 is 2.81 bits per heavy atom. The maximum Gasteiger partial charge on any atom is 0.410 e. The molecule has 0 saturated carbocycles. The molecule has 0 saturated heterocycles. The van der Waals surface area contributed by atoms with Gasteiger partial charge in [0.25, 0.3) is 5.91 Å². The van der Waals surface area contributed by atoms with Crippen LogP contribution in [0.1, 0.15) is 48.3 Å². The highest BCUT2D eigenvalue weighted by Gasteiger charge is 2.22. The van der Waals surface area contributed by atoms with Gasteiger partial charge in [0.15, 0.2) is 5.82 Å². The van der Waals surface area contributed by atoms with E-state index in [1.54, 1.807) is 30.3 Å². The number of fused-ring (bicyclic) bond motifs is 1. The lowest BCUT2D eigenvalue weighted by atomic mass is 9.97. The Bertz CT molecular complexity index is 1140. The van der Waals surface area contributed by atoms with Crippen LogP contribution in [0.5, 0.6) is 0 Å². The zero-order valence-electron chi connectivity index (χ0n) is 18.4. The van der Waals surface area contributed by atoms with Gasteiger partial charge in [0.05, 0.1) is 6.61 Å². The van der Waals surface area contributed by atoms with Gasteiger partial charge in [-0.1, -0.05) is 12.1 Å². The number of nitrogens with one attached hydrogen (secondary N) is 1. The van der Waals surface area contributed by atoms with Gasteiger partial charge in [0, 0.05) is 24.7 Å². The number of hydrogen-bond donors (Lipinski definition) is 1. The zero-order valence-corrected chi connectivity index (χ0v) is 18.4. The smallest absolute Gasteiger partial charge is 0.410 e. The monoisotopic (exact) mass is 434 g/mol. The predicted molar refractivity (Wildman–Crippen MR) is 119 cm³/mol. The number of anilines is 1. The quantitative estimate of drug-likeness (QED) is 0.657. The molecule has 1 aliphatic heterocycles. The highest BCUT2D eigenvalue weighted by Crippen LogP contribution is 2.23. The van der Waals surface area contributed by atoms with E-state index in [9.17, 15) is 9.59 Å². The maximum atomic E-state index is 12.9. The summed E-state index contributed by atoms with van der Waals surface area (Å²) in [5, 5.41) is 11.0. The largest absolute Gasteiger partial charge is 0.450 e. The summed E-state index contributed by atoms with van der Waals surface area (Å²) in [6.45, 7) is 7.23. The van der Waals surface area contributed by atoms with Gasteiger partial charge in [-0.2, -0.15) is 0 Å². The van der Waals surface area contributed by atoms with Crippen molar-refractivity contribution in [1.82, 2.24) is 24.6 Å². The summed E-state index contributed by atoms with van der Waals surface area (Å²) in [7, 11) is 0. The fourth-order valence-corrected chi connectivity index (χ4v) is 3.69. The molecule has 1 aliphatic rings. The van der Waals surface area contributed by atoms with Crippen LogP contribution in [0, 0.1) is 0 Å². The molecule has 9 nitrogen and oxygen atoms in total. The standard InChI is InChI=1S/C23H26N6O3/c1-4-32-23(31)28-11-10-16-8-9-17(12-18(16)13-28)22(30)26-20-7-5-6-19(25-20)21-27-24-14-29(21)15(2)3/h5-9,12,14-15H,4,10-11,13H2,1-3H3,(H,25,26,30). The van der Waals surface area contributed by atoms with Crippen molar-refractivity contribution < 1.29 is 14.3 Å². The summed E-state index contributed by atoms with van der Waals surface area (Å²) in [6.07, 6.45) is 2.07. The number of rotatable bonds is 5. The molecule has 2 aromatic heterocycles. The molecule has 2 amide bonds. The van der Waals surface area contributed by atoms with Gasteiger partial charge in [-0.15, -0.1) is 10.2 Å². The first-order chi connectivity index (χ1) is 15.5. The highest BCUT2D eigenvalue weighted by atomic mass is 16.6. The third kappa shape index (κ3) is 4.46. The van der Waals surface area contributed by atoms with Gasteiger partial charge in [-0.25, -0.2) is 9.78 Å². The number of pyridine rings is 1. The molecular weight excluding hydrogens is 408 g/mol. The van der Waals surface area contributed by atoms with Crippen molar-refractivity contribution >= 4 is 17.8 Å². The normalized spacial score (nSPS) is 13.1. The number of nitrogens with zero attached hydrogens (tertiary/aromatic N) is 5. The minimum Gasteiger partial charge on any atom is -0.450 e. The van der Waals surface area contributed by atoms with Crippen LogP contribution in [-0.4, -0.2) is 49.8 Å². The van der Waals surface area contributed by atoms with Gasteiger partial charge in [-0.3, -0.25) is 4.79 Å². The predicted octanol–water partition coefficient (Wildman–Crippen LogP) is 3.69. The molecule has 4 rings (SSSR count). The molecule has 3 heterocycles. The van der Waals surface area contributed by atoms with Crippen LogP contribution in [0.15, 0.2) is 42.7 Å². The molecular formula is C23H26N6O3. The van der Waals surface area contributed by atoms with Crippen LogP contribution in [0.4, 0.5) is 10.6 Å². The molecule has 0 unspecified atom stereocenters. The zero-order chi connectivity index (χ0) is 22.7. The topological polar surface area (TPSA) is 102 Å². The molecule has 9 heteroatoms. The van der Waals surface area contributed by atoms with Crippen molar-refractivity contribution in [1.29, 1.82) is 0 Å². The molecule has 0 bridgehead atoms. The third-order valence-electron chi connectivity index (χ3n) is 5.36. The fraction of sp³-hybridized carbons (Fsp3) is 0.348. The fourth-order valence-electron chi connectivity index (χ4n) is 3.69. The molecule has 0 radical (unpaired) electrons. The summed E-state index contributed by atoms with van der Waals surface area (Å²) in [6, 6.07) is 11.1. The Hall–Kier alpha value is -3.75. The van der Waals surface area contributed by atoms with Crippen molar-refractivity contribution in [2.75, 3.05) is 18.5 Å². The first-order valence-corrected chi connectivity index (χ1v) is 10.7. The van der Waals surface area contributed by atoms with E-state index < -0.39 is 0 Å². The number of hydrogen-bond acceptors (Lipinski definition) is 6. The summed E-state index contributed by atoms with van der Waals surface area (Å²) in [5.41, 5.74) is 3.22. The Morgan fingerprint density at radius 1 is 1.19 bits per heavy atom. The first-order valence-electron chi connectivity index (χ1n) is 10.7. The van der Waals surface area contributed by atoms with Gasteiger partial charge < -0.3 is 19.5 Å². The Balaban J connectivity index is 1.51. The van der Waals surface area contributed by atoms with E-state index in [-0.39, 0.29) is 18.0 Å². The minimum absolute atomic E-state index is 0.185. The van der Waals surface area contributed by atoms with E-state index in [2.05, 4.69) is 20.5 Å². The molecule has 32 heavy (non-hydrogen) atoms. The van der Waals surface area contributed by atoms with Crippen LogP contribution in [0.3, 0.4) is 0 Å². The maximum absolute atomic E-state index is 12.9. The average Bonchev–Trinajstić information content (AvgIpc) is 3.29.